The molecule has 0 aliphatic rings. The average Bonchev–Trinajstić information content (AvgIpc) is 2.91. The van der Waals surface area contributed by atoms with Crippen LogP contribution in [0.15, 0.2) is 48.7 Å². The minimum absolute atomic E-state index is 0.714. The van der Waals surface area contributed by atoms with Crippen LogP contribution < -0.4 is 5.73 Å². The Balaban J connectivity index is 2.04. The van der Waals surface area contributed by atoms with Crippen LogP contribution in [0.3, 0.4) is 0 Å². The first-order chi connectivity index (χ1) is 9.63. The molecule has 2 N–H and O–H groups in total. The van der Waals surface area contributed by atoms with Gasteiger partial charge in [0.05, 0.1) is 11.9 Å². The normalized spacial score (nSPS) is 10.7. The van der Waals surface area contributed by atoms with Crippen LogP contribution >= 0.6 is 0 Å². The summed E-state index contributed by atoms with van der Waals surface area (Å²) in [6.07, 6.45) is 1.93. The predicted octanol–water partition coefficient (Wildman–Crippen LogP) is 3.13. The Labute approximate surface area is 117 Å². The molecular weight excluding hydrogens is 248 g/mol. The standard InChI is InChI=1S/C16H16N4/c1-11-6-7-12(2)15(8-11)16-10-20(19-18-16)14-5-3-4-13(17)9-14/h3-10H,17H2,1-2H3. The van der Waals surface area contributed by atoms with Crippen molar-refractivity contribution in [3.8, 4) is 16.9 Å². The van der Waals surface area contributed by atoms with Crippen molar-refractivity contribution in [2.75, 3.05) is 5.73 Å². The van der Waals surface area contributed by atoms with Gasteiger partial charge in [0.25, 0.3) is 0 Å². The molecular formula is C16H16N4. The smallest absolute Gasteiger partial charge is 0.113 e. The fourth-order valence-electron chi connectivity index (χ4n) is 2.19. The molecule has 0 atom stereocenters. The first-order valence-electron chi connectivity index (χ1n) is 6.49. The van der Waals surface area contributed by atoms with Gasteiger partial charge in [-0.2, -0.15) is 0 Å². The van der Waals surface area contributed by atoms with Crippen LogP contribution in [0.4, 0.5) is 5.69 Å². The summed E-state index contributed by atoms with van der Waals surface area (Å²) >= 11 is 0. The molecule has 3 aromatic rings. The number of benzene rings is 2. The Morgan fingerprint density at radius 2 is 1.90 bits per heavy atom. The Kier molecular flexibility index (Phi) is 2.99. The fraction of sp³-hybridized carbons (Fsp3) is 0.125. The lowest BCUT2D eigenvalue weighted by molar-refractivity contribution is 0.804. The minimum Gasteiger partial charge on any atom is -0.399 e. The molecule has 0 fully saturated rings. The summed E-state index contributed by atoms with van der Waals surface area (Å²) in [7, 11) is 0. The van der Waals surface area contributed by atoms with Gasteiger partial charge >= 0.3 is 0 Å². The van der Waals surface area contributed by atoms with Crippen molar-refractivity contribution in [3.63, 3.8) is 0 Å². The Hall–Kier alpha value is -2.62. The molecule has 4 heteroatoms. The van der Waals surface area contributed by atoms with Crippen LogP contribution in [0.5, 0.6) is 0 Å². The molecule has 1 heterocycles. The van der Waals surface area contributed by atoms with Gasteiger partial charge in [-0.05, 0) is 43.7 Å². The maximum Gasteiger partial charge on any atom is 0.113 e. The van der Waals surface area contributed by atoms with Crippen LogP contribution in [-0.2, 0) is 0 Å². The van der Waals surface area contributed by atoms with Crippen LogP contribution in [0.2, 0.25) is 0 Å². The quantitative estimate of drug-likeness (QED) is 0.723. The summed E-state index contributed by atoms with van der Waals surface area (Å²) in [4.78, 5) is 0. The molecule has 1 aromatic heterocycles. The number of hydrogen-bond donors (Lipinski definition) is 1. The molecule has 0 radical (unpaired) electrons. The molecule has 0 unspecified atom stereocenters. The summed E-state index contributed by atoms with van der Waals surface area (Å²) in [5.74, 6) is 0. The highest BCUT2D eigenvalue weighted by Gasteiger charge is 2.08. The van der Waals surface area contributed by atoms with E-state index >= 15 is 0 Å². The molecule has 20 heavy (non-hydrogen) atoms. The number of nitrogen functional groups attached to an aromatic ring is 1. The van der Waals surface area contributed by atoms with E-state index in [4.69, 9.17) is 5.73 Å². The summed E-state index contributed by atoms with van der Waals surface area (Å²) in [6.45, 7) is 4.15. The third kappa shape index (κ3) is 2.28. The number of rotatable bonds is 2. The lowest BCUT2D eigenvalue weighted by Crippen LogP contribution is -1.95. The Morgan fingerprint density at radius 1 is 1.05 bits per heavy atom. The summed E-state index contributed by atoms with van der Waals surface area (Å²) in [6, 6.07) is 13.9. The molecule has 0 spiro atoms. The molecule has 100 valence electrons. The molecule has 0 bridgehead atoms. The fourth-order valence-corrected chi connectivity index (χ4v) is 2.19. The first kappa shape index (κ1) is 12.4. The number of nitrogens with two attached hydrogens (primary N) is 1. The van der Waals surface area contributed by atoms with Gasteiger partial charge in [0.1, 0.15) is 5.69 Å². The second-order valence-electron chi connectivity index (χ2n) is 4.96. The average molecular weight is 264 g/mol. The van der Waals surface area contributed by atoms with E-state index in [1.807, 2.05) is 30.5 Å². The monoisotopic (exact) mass is 264 g/mol. The second-order valence-corrected chi connectivity index (χ2v) is 4.96. The van der Waals surface area contributed by atoms with Crippen LogP contribution in [-0.4, -0.2) is 15.0 Å². The molecule has 0 amide bonds. The minimum atomic E-state index is 0.714. The highest BCUT2D eigenvalue weighted by molar-refractivity contribution is 5.63. The van der Waals surface area contributed by atoms with Crippen molar-refractivity contribution < 1.29 is 0 Å². The Morgan fingerprint density at radius 3 is 2.70 bits per heavy atom. The number of nitrogens with zero attached hydrogens (tertiary/aromatic N) is 3. The molecule has 0 aliphatic carbocycles. The molecule has 0 saturated carbocycles. The van der Waals surface area contributed by atoms with E-state index < -0.39 is 0 Å². The van der Waals surface area contributed by atoms with Gasteiger partial charge in [0.2, 0.25) is 0 Å². The summed E-state index contributed by atoms with van der Waals surface area (Å²) in [5, 5.41) is 8.45. The van der Waals surface area contributed by atoms with E-state index in [-0.39, 0.29) is 0 Å². The molecule has 3 rings (SSSR count). The van der Waals surface area contributed by atoms with Crippen molar-refractivity contribution in [1.29, 1.82) is 0 Å². The number of anilines is 1. The van der Waals surface area contributed by atoms with E-state index in [9.17, 15) is 0 Å². The van der Waals surface area contributed by atoms with Gasteiger partial charge in [-0.3, -0.25) is 0 Å². The summed E-state index contributed by atoms with van der Waals surface area (Å²) < 4.78 is 1.74. The molecule has 0 saturated heterocycles. The van der Waals surface area contributed by atoms with Gasteiger partial charge in [-0.25, -0.2) is 4.68 Å². The zero-order valence-electron chi connectivity index (χ0n) is 11.5. The van der Waals surface area contributed by atoms with Crippen molar-refractivity contribution in [3.05, 3.63) is 59.8 Å². The van der Waals surface area contributed by atoms with Crippen molar-refractivity contribution in [2.24, 2.45) is 0 Å². The van der Waals surface area contributed by atoms with Crippen molar-refractivity contribution in [1.82, 2.24) is 15.0 Å². The van der Waals surface area contributed by atoms with E-state index in [1.165, 1.54) is 11.1 Å². The predicted molar refractivity (Wildman–Crippen MR) is 80.7 cm³/mol. The van der Waals surface area contributed by atoms with Crippen LogP contribution in [0, 0.1) is 13.8 Å². The van der Waals surface area contributed by atoms with Gasteiger partial charge in [0.15, 0.2) is 0 Å². The van der Waals surface area contributed by atoms with Gasteiger partial charge in [-0.15, -0.1) is 5.10 Å². The molecule has 0 aliphatic heterocycles. The number of aromatic nitrogens is 3. The SMILES string of the molecule is Cc1ccc(C)c(-c2cn(-c3cccc(N)c3)nn2)c1. The van der Waals surface area contributed by atoms with Gasteiger partial charge < -0.3 is 5.73 Å². The number of aryl methyl sites for hydroxylation is 2. The maximum atomic E-state index is 5.80. The summed E-state index contributed by atoms with van der Waals surface area (Å²) in [5.41, 5.74) is 11.8. The van der Waals surface area contributed by atoms with Crippen molar-refractivity contribution >= 4 is 5.69 Å². The third-order valence-corrected chi connectivity index (χ3v) is 3.30. The van der Waals surface area contributed by atoms with E-state index in [1.54, 1.807) is 4.68 Å². The first-order valence-corrected chi connectivity index (χ1v) is 6.49. The van der Waals surface area contributed by atoms with Gasteiger partial charge in [0, 0.05) is 11.3 Å². The van der Waals surface area contributed by atoms with Crippen LogP contribution in [0.25, 0.3) is 16.9 Å². The Bertz CT molecular complexity index is 759. The van der Waals surface area contributed by atoms with E-state index in [0.717, 1.165) is 16.9 Å². The second kappa shape index (κ2) is 4.81. The zero-order valence-corrected chi connectivity index (χ0v) is 11.5. The topological polar surface area (TPSA) is 56.7 Å². The lowest BCUT2D eigenvalue weighted by Gasteiger charge is -2.03. The largest absolute Gasteiger partial charge is 0.399 e. The molecule has 2 aromatic carbocycles. The number of hydrogen-bond acceptors (Lipinski definition) is 3. The highest BCUT2D eigenvalue weighted by Crippen LogP contribution is 2.23. The van der Waals surface area contributed by atoms with Gasteiger partial charge in [-0.1, -0.05) is 29.0 Å². The van der Waals surface area contributed by atoms with Crippen molar-refractivity contribution in [2.45, 2.75) is 13.8 Å². The highest BCUT2D eigenvalue weighted by atomic mass is 15.4. The lowest BCUT2D eigenvalue weighted by atomic mass is 10.0. The molecule has 4 nitrogen and oxygen atoms in total. The van der Waals surface area contributed by atoms with E-state index in [2.05, 4.69) is 42.4 Å². The van der Waals surface area contributed by atoms with E-state index in [0.29, 0.717) is 5.69 Å². The zero-order chi connectivity index (χ0) is 14.1. The maximum absolute atomic E-state index is 5.80. The third-order valence-electron chi connectivity index (χ3n) is 3.30. The van der Waals surface area contributed by atoms with Crippen LogP contribution in [0.1, 0.15) is 11.1 Å².